The van der Waals surface area contributed by atoms with Crippen LogP contribution >= 0.6 is 27.5 Å². The van der Waals surface area contributed by atoms with Gasteiger partial charge in [-0.25, -0.2) is 4.98 Å². The molecule has 29 heavy (non-hydrogen) atoms. The van der Waals surface area contributed by atoms with Crippen molar-refractivity contribution in [1.82, 2.24) is 4.98 Å². The lowest BCUT2D eigenvalue weighted by Gasteiger charge is -2.12. The molecule has 0 saturated heterocycles. The van der Waals surface area contributed by atoms with Gasteiger partial charge in [0.2, 0.25) is 5.75 Å². The van der Waals surface area contributed by atoms with E-state index in [0.29, 0.717) is 11.4 Å². The maximum absolute atomic E-state index is 12.5. The molecule has 1 heterocycles. The summed E-state index contributed by atoms with van der Waals surface area (Å²) in [5.74, 6) is 0.410. The molecule has 0 spiro atoms. The van der Waals surface area contributed by atoms with Crippen molar-refractivity contribution < 1.29 is 19.2 Å². The minimum atomic E-state index is -0.597. The van der Waals surface area contributed by atoms with Crippen LogP contribution in [0.15, 0.2) is 59.2 Å². The summed E-state index contributed by atoms with van der Waals surface area (Å²) in [6, 6.07) is 11.9. The molecule has 2 aromatic carbocycles. The number of nitrogens with one attached hydrogen (secondary N) is 1. The number of rotatable bonds is 6. The minimum Gasteiger partial charge on any atom is -0.493 e. The second-order valence-corrected chi connectivity index (χ2v) is 7.00. The molecule has 8 nitrogen and oxygen atoms in total. The van der Waals surface area contributed by atoms with Gasteiger partial charge in [0, 0.05) is 27.3 Å². The Balaban J connectivity index is 1.85. The number of aromatic nitrogens is 1. The number of nitro groups is 1. The molecule has 0 bridgehead atoms. The molecule has 0 aliphatic rings. The van der Waals surface area contributed by atoms with Crippen LogP contribution in [0.25, 0.3) is 0 Å². The van der Waals surface area contributed by atoms with Crippen LogP contribution < -0.4 is 14.8 Å². The van der Waals surface area contributed by atoms with Crippen LogP contribution in [0.5, 0.6) is 17.2 Å². The summed E-state index contributed by atoms with van der Waals surface area (Å²) in [4.78, 5) is 27.2. The molecule has 1 aromatic heterocycles. The molecule has 0 aliphatic carbocycles. The molecular formula is C19H13BrClN3O5. The van der Waals surface area contributed by atoms with Crippen molar-refractivity contribution >= 4 is 44.9 Å². The zero-order valence-corrected chi connectivity index (χ0v) is 17.2. The summed E-state index contributed by atoms with van der Waals surface area (Å²) < 4.78 is 11.7. The van der Waals surface area contributed by atoms with E-state index < -0.39 is 10.8 Å². The third kappa shape index (κ3) is 5.01. The van der Waals surface area contributed by atoms with E-state index in [2.05, 4.69) is 26.2 Å². The number of hydrogen-bond acceptors (Lipinski definition) is 6. The fourth-order valence-electron chi connectivity index (χ4n) is 2.37. The third-order valence-electron chi connectivity index (χ3n) is 3.73. The number of anilines is 1. The Morgan fingerprint density at radius 2 is 1.90 bits per heavy atom. The predicted molar refractivity (Wildman–Crippen MR) is 111 cm³/mol. The lowest BCUT2D eigenvalue weighted by Crippen LogP contribution is -2.13. The highest BCUT2D eigenvalue weighted by Gasteiger charge is 2.19. The smallest absolute Gasteiger partial charge is 0.313 e. The van der Waals surface area contributed by atoms with E-state index in [0.717, 1.165) is 4.47 Å². The first-order valence-corrected chi connectivity index (χ1v) is 9.27. The van der Waals surface area contributed by atoms with Crippen molar-refractivity contribution in [2.75, 3.05) is 12.4 Å². The molecule has 3 aromatic rings. The summed E-state index contributed by atoms with van der Waals surface area (Å²) in [7, 11) is 1.40. The lowest BCUT2D eigenvalue weighted by atomic mass is 10.2. The molecule has 0 radical (unpaired) electrons. The van der Waals surface area contributed by atoms with Gasteiger partial charge < -0.3 is 14.8 Å². The van der Waals surface area contributed by atoms with Gasteiger partial charge in [0.05, 0.1) is 12.0 Å². The summed E-state index contributed by atoms with van der Waals surface area (Å²) >= 11 is 9.09. The molecule has 1 N–H and O–H groups in total. The van der Waals surface area contributed by atoms with Crippen LogP contribution in [-0.2, 0) is 0 Å². The van der Waals surface area contributed by atoms with Crippen LogP contribution in [0, 0.1) is 10.1 Å². The van der Waals surface area contributed by atoms with Gasteiger partial charge in [0.15, 0.2) is 11.5 Å². The van der Waals surface area contributed by atoms with Crippen molar-refractivity contribution in [3.63, 3.8) is 0 Å². The van der Waals surface area contributed by atoms with E-state index in [1.807, 2.05) is 0 Å². The van der Waals surface area contributed by atoms with Crippen molar-refractivity contribution in [3.8, 4) is 17.2 Å². The molecule has 148 valence electrons. The second kappa shape index (κ2) is 8.89. The highest BCUT2D eigenvalue weighted by Crippen LogP contribution is 2.38. The molecule has 0 saturated carbocycles. The molecule has 0 fully saturated rings. The van der Waals surface area contributed by atoms with Crippen LogP contribution in [0.3, 0.4) is 0 Å². The molecule has 10 heteroatoms. The first-order chi connectivity index (χ1) is 13.9. The Labute approximate surface area is 178 Å². The van der Waals surface area contributed by atoms with Crippen molar-refractivity contribution in [3.05, 3.63) is 79.9 Å². The van der Waals surface area contributed by atoms with Crippen LogP contribution in [0.4, 0.5) is 11.5 Å². The average molecular weight is 479 g/mol. The van der Waals surface area contributed by atoms with Crippen molar-refractivity contribution in [2.24, 2.45) is 0 Å². The Bertz CT molecular complexity index is 1080. The normalized spacial score (nSPS) is 10.3. The number of pyridine rings is 1. The standard InChI is InChI=1S/C19H13BrClN3O5/c1-28-17-8-11(19(25)23-18-7-3-12(20)10-22-18)2-5-16(17)29-15-6-4-13(21)9-14(15)24(26)27/h2-10H,1H3,(H,22,23,25). The van der Waals surface area contributed by atoms with Gasteiger partial charge in [-0.15, -0.1) is 0 Å². The Morgan fingerprint density at radius 3 is 2.55 bits per heavy atom. The first-order valence-electron chi connectivity index (χ1n) is 8.10. The Morgan fingerprint density at radius 1 is 1.14 bits per heavy atom. The van der Waals surface area contributed by atoms with E-state index >= 15 is 0 Å². The highest BCUT2D eigenvalue weighted by atomic mass is 79.9. The first kappa shape index (κ1) is 20.6. The lowest BCUT2D eigenvalue weighted by molar-refractivity contribution is -0.385. The fourth-order valence-corrected chi connectivity index (χ4v) is 2.77. The number of nitro benzene ring substituents is 1. The van der Waals surface area contributed by atoms with Crippen molar-refractivity contribution in [1.29, 1.82) is 0 Å². The molecule has 0 atom stereocenters. The molecule has 0 unspecified atom stereocenters. The van der Waals surface area contributed by atoms with Crippen LogP contribution in [0.1, 0.15) is 10.4 Å². The number of carbonyl (C=O) groups excluding carboxylic acids is 1. The molecule has 0 aliphatic heterocycles. The van der Waals surface area contributed by atoms with E-state index in [9.17, 15) is 14.9 Å². The second-order valence-electron chi connectivity index (χ2n) is 5.65. The van der Waals surface area contributed by atoms with E-state index in [-0.39, 0.29) is 28.0 Å². The van der Waals surface area contributed by atoms with Crippen LogP contribution in [-0.4, -0.2) is 22.9 Å². The van der Waals surface area contributed by atoms with Gasteiger partial charge in [-0.1, -0.05) is 11.6 Å². The number of nitrogens with zero attached hydrogens (tertiary/aromatic N) is 2. The number of ether oxygens (including phenoxy) is 2. The summed E-state index contributed by atoms with van der Waals surface area (Å²) in [5.41, 5.74) is 0.00668. The quantitative estimate of drug-likeness (QED) is 0.373. The number of benzene rings is 2. The molecule has 3 rings (SSSR count). The third-order valence-corrected chi connectivity index (χ3v) is 4.44. The number of amides is 1. The van der Waals surface area contributed by atoms with Gasteiger partial charge in [-0.2, -0.15) is 0 Å². The molecule has 1 amide bonds. The SMILES string of the molecule is COc1cc(C(=O)Nc2ccc(Br)cn2)ccc1Oc1ccc(Cl)cc1[N+](=O)[O-]. The zero-order valence-electron chi connectivity index (χ0n) is 14.9. The topological polar surface area (TPSA) is 104 Å². The molecular weight excluding hydrogens is 466 g/mol. The van der Waals surface area contributed by atoms with Gasteiger partial charge in [-0.05, 0) is 58.4 Å². The minimum absolute atomic E-state index is 0.00559. The maximum Gasteiger partial charge on any atom is 0.313 e. The Kier molecular flexibility index (Phi) is 6.30. The largest absolute Gasteiger partial charge is 0.493 e. The van der Waals surface area contributed by atoms with E-state index in [1.165, 1.54) is 43.5 Å². The number of carbonyl (C=O) groups is 1. The van der Waals surface area contributed by atoms with Gasteiger partial charge >= 0.3 is 5.69 Å². The van der Waals surface area contributed by atoms with Gasteiger partial charge in [-0.3, -0.25) is 14.9 Å². The maximum atomic E-state index is 12.5. The van der Waals surface area contributed by atoms with E-state index in [1.54, 1.807) is 18.3 Å². The van der Waals surface area contributed by atoms with Crippen molar-refractivity contribution in [2.45, 2.75) is 0 Å². The predicted octanol–water partition coefficient (Wildman–Crippen LogP) is 5.46. The summed E-state index contributed by atoms with van der Waals surface area (Å²) in [5, 5.41) is 14.1. The summed E-state index contributed by atoms with van der Waals surface area (Å²) in [6.07, 6.45) is 1.56. The number of hydrogen-bond donors (Lipinski definition) is 1. The van der Waals surface area contributed by atoms with Gasteiger partial charge in [0.25, 0.3) is 5.91 Å². The van der Waals surface area contributed by atoms with E-state index in [4.69, 9.17) is 21.1 Å². The fraction of sp³-hybridized carbons (Fsp3) is 0.0526. The summed E-state index contributed by atoms with van der Waals surface area (Å²) in [6.45, 7) is 0. The monoisotopic (exact) mass is 477 g/mol. The zero-order chi connectivity index (χ0) is 21.0. The number of halogens is 2. The number of methoxy groups -OCH3 is 1. The van der Waals surface area contributed by atoms with Gasteiger partial charge in [0.1, 0.15) is 5.82 Å². The average Bonchev–Trinajstić information content (AvgIpc) is 2.71. The Hall–Kier alpha value is -3.17. The highest BCUT2D eigenvalue weighted by molar-refractivity contribution is 9.10. The van der Waals surface area contributed by atoms with Crippen LogP contribution in [0.2, 0.25) is 5.02 Å².